The number of hydrogen-bond acceptors (Lipinski definition) is 5. The molecule has 0 aliphatic carbocycles. The van der Waals surface area contributed by atoms with Gasteiger partial charge in [-0.15, -0.1) is 0 Å². The first-order valence-corrected chi connectivity index (χ1v) is 11.3. The van der Waals surface area contributed by atoms with Gasteiger partial charge in [0.2, 0.25) is 0 Å². The lowest BCUT2D eigenvalue weighted by Crippen LogP contribution is -2.32. The van der Waals surface area contributed by atoms with Gasteiger partial charge >= 0.3 is 6.18 Å². The highest BCUT2D eigenvalue weighted by atomic mass is 19.4. The Bertz CT molecular complexity index is 1040. The zero-order chi connectivity index (χ0) is 24.3. The van der Waals surface area contributed by atoms with Crippen LogP contribution in [-0.2, 0) is 26.9 Å². The van der Waals surface area contributed by atoms with Crippen molar-refractivity contribution in [3.63, 3.8) is 0 Å². The summed E-state index contributed by atoms with van der Waals surface area (Å²) in [6.07, 6.45) is -1.64. The summed E-state index contributed by atoms with van der Waals surface area (Å²) in [6.45, 7) is 8.21. The third-order valence-electron chi connectivity index (χ3n) is 5.85. The van der Waals surface area contributed by atoms with Gasteiger partial charge in [-0.25, -0.2) is 0 Å². The Morgan fingerprint density at radius 2 is 2.03 bits per heavy atom. The zero-order valence-corrected chi connectivity index (χ0v) is 19.0. The zero-order valence-electron chi connectivity index (χ0n) is 19.0. The molecule has 7 nitrogen and oxygen atoms in total. The minimum atomic E-state index is -4.68. The van der Waals surface area contributed by atoms with Crippen LogP contribution in [0.2, 0.25) is 0 Å². The van der Waals surface area contributed by atoms with E-state index in [2.05, 4.69) is 17.0 Å². The molecule has 10 heteroatoms. The van der Waals surface area contributed by atoms with E-state index in [1.165, 1.54) is 12.1 Å². The van der Waals surface area contributed by atoms with Gasteiger partial charge in [-0.3, -0.25) is 9.48 Å². The number of hydrogen-bond donors (Lipinski definition) is 1. The fourth-order valence-corrected chi connectivity index (χ4v) is 4.12. The molecular weight excluding hydrogens is 451 g/mol. The molecule has 34 heavy (non-hydrogen) atoms. The Balaban J connectivity index is 1.63. The predicted molar refractivity (Wildman–Crippen MR) is 119 cm³/mol. The van der Waals surface area contributed by atoms with Crippen molar-refractivity contribution in [2.45, 2.75) is 44.7 Å². The molecule has 1 amide bonds. The van der Waals surface area contributed by atoms with Crippen LogP contribution in [0.5, 0.6) is 0 Å². The maximum Gasteiger partial charge on any atom is 0.417 e. The normalized spacial score (nSPS) is 20.9. The van der Waals surface area contributed by atoms with Crippen LogP contribution >= 0.6 is 0 Å². The molecular formula is C24H28F3N3O4. The van der Waals surface area contributed by atoms with Gasteiger partial charge in [0, 0.05) is 36.0 Å². The third kappa shape index (κ3) is 5.68. The van der Waals surface area contributed by atoms with Gasteiger partial charge in [-0.1, -0.05) is 12.6 Å². The van der Waals surface area contributed by atoms with E-state index in [0.717, 1.165) is 18.9 Å². The van der Waals surface area contributed by atoms with E-state index in [9.17, 15) is 18.0 Å². The summed E-state index contributed by atoms with van der Waals surface area (Å²) in [5, 5.41) is 7.10. The van der Waals surface area contributed by atoms with Crippen molar-refractivity contribution in [3.8, 4) is 11.3 Å². The van der Waals surface area contributed by atoms with Crippen molar-refractivity contribution in [2.75, 3.05) is 33.0 Å². The van der Waals surface area contributed by atoms with Crippen LogP contribution in [-0.4, -0.2) is 60.9 Å². The summed E-state index contributed by atoms with van der Waals surface area (Å²) in [4.78, 5) is 12.5. The third-order valence-corrected chi connectivity index (χ3v) is 5.85. The SMILES string of the molecule is C=C(C)c1cn(C[C@H]2COCCO2)nc1-c1ccc(C(=O)NC[C@@H]2CCCO2)cc1C(F)(F)F. The number of carbonyl (C=O) groups excluding carboxylic acids is 1. The largest absolute Gasteiger partial charge is 0.417 e. The molecule has 0 bridgehead atoms. The van der Waals surface area contributed by atoms with Crippen molar-refractivity contribution in [2.24, 2.45) is 0 Å². The van der Waals surface area contributed by atoms with Gasteiger partial charge in [-0.2, -0.15) is 18.3 Å². The molecule has 184 valence electrons. The highest BCUT2D eigenvalue weighted by molar-refractivity contribution is 5.95. The molecule has 2 fully saturated rings. The number of aromatic nitrogens is 2. The van der Waals surface area contributed by atoms with E-state index in [1.54, 1.807) is 17.8 Å². The molecule has 0 saturated carbocycles. The average Bonchev–Trinajstić information content (AvgIpc) is 3.47. The van der Waals surface area contributed by atoms with E-state index in [0.29, 0.717) is 44.1 Å². The van der Waals surface area contributed by atoms with Crippen LogP contribution in [0, 0.1) is 0 Å². The summed E-state index contributed by atoms with van der Waals surface area (Å²) in [7, 11) is 0. The molecule has 2 aliphatic rings. The molecule has 1 N–H and O–H groups in total. The van der Waals surface area contributed by atoms with Gasteiger partial charge in [0.1, 0.15) is 11.8 Å². The number of benzene rings is 1. The fraction of sp³-hybridized carbons (Fsp3) is 0.500. The second-order valence-electron chi connectivity index (χ2n) is 8.56. The lowest BCUT2D eigenvalue weighted by atomic mass is 9.96. The maximum absolute atomic E-state index is 14.1. The minimum absolute atomic E-state index is 0.0712. The van der Waals surface area contributed by atoms with Gasteiger partial charge < -0.3 is 19.5 Å². The van der Waals surface area contributed by atoms with Crippen molar-refractivity contribution >= 4 is 11.5 Å². The van der Waals surface area contributed by atoms with E-state index in [1.807, 2.05) is 0 Å². The fourth-order valence-electron chi connectivity index (χ4n) is 4.12. The second kappa shape index (κ2) is 10.3. The molecule has 1 aromatic heterocycles. The Morgan fingerprint density at radius 1 is 1.24 bits per heavy atom. The number of carbonyl (C=O) groups is 1. The number of rotatable bonds is 7. The number of nitrogens with one attached hydrogen (secondary N) is 1. The summed E-state index contributed by atoms with van der Waals surface area (Å²) in [5.41, 5.74) is 0.121. The molecule has 2 atom stereocenters. The number of nitrogens with zero attached hydrogens (tertiary/aromatic N) is 2. The van der Waals surface area contributed by atoms with Crippen LogP contribution in [0.4, 0.5) is 13.2 Å². The van der Waals surface area contributed by atoms with Crippen LogP contribution < -0.4 is 5.32 Å². The smallest absolute Gasteiger partial charge is 0.376 e. The molecule has 1 aromatic carbocycles. The molecule has 2 aliphatic heterocycles. The minimum Gasteiger partial charge on any atom is -0.376 e. The quantitative estimate of drug-likeness (QED) is 0.652. The summed E-state index contributed by atoms with van der Waals surface area (Å²) in [6, 6.07) is 3.55. The molecule has 2 saturated heterocycles. The van der Waals surface area contributed by atoms with Gasteiger partial charge in [0.25, 0.3) is 5.91 Å². The van der Waals surface area contributed by atoms with Crippen LogP contribution in [0.15, 0.2) is 31.0 Å². The van der Waals surface area contributed by atoms with E-state index in [4.69, 9.17) is 14.2 Å². The first-order valence-electron chi connectivity index (χ1n) is 11.3. The molecule has 0 radical (unpaired) electrons. The van der Waals surface area contributed by atoms with Gasteiger partial charge in [0.15, 0.2) is 0 Å². The monoisotopic (exact) mass is 479 g/mol. The molecule has 0 spiro atoms. The van der Waals surface area contributed by atoms with E-state index >= 15 is 0 Å². The average molecular weight is 479 g/mol. The number of ether oxygens (including phenoxy) is 3. The van der Waals surface area contributed by atoms with Crippen molar-refractivity contribution in [3.05, 3.63) is 47.7 Å². The Hall–Kier alpha value is -2.69. The molecule has 2 aromatic rings. The van der Waals surface area contributed by atoms with Gasteiger partial charge in [0.05, 0.1) is 38.0 Å². The first kappa shape index (κ1) is 24.4. The topological polar surface area (TPSA) is 74.6 Å². The number of amides is 1. The van der Waals surface area contributed by atoms with Crippen molar-refractivity contribution in [1.82, 2.24) is 15.1 Å². The Morgan fingerprint density at radius 3 is 2.68 bits per heavy atom. The lowest BCUT2D eigenvalue weighted by molar-refractivity contribution is -0.137. The van der Waals surface area contributed by atoms with Crippen molar-refractivity contribution in [1.29, 1.82) is 0 Å². The summed E-state index contributed by atoms with van der Waals surface area (Å²) < 4.78 is 60.3. The molecule has 0 unspecified atom stereocenters. The molecule has 4 rings (SSSR count). The van der Waals surface area contributed by atoms with Crippen LogP contribution in [0.3, 0.4) is 0 Å². The van der Waals surface area contributed by atoms with Crippen LogP contribution in [0.1, 0.15) is 41.3 Å². The van der Waals surface area contributed by atoms with Crippen LogP contribution in [0.25, 0.3) is 16.8 Å². The second-order valence-corrected chi connectivity index (χ2v) is 8.56. The Labute approximate surface area is 195 Å². The highest BCUT2D eigenvalue weighted by Gasteiger charge is 2.36. The number of allylic oxidation sites excluding steroid dienone is 1. The summed E-state index contributed by atoms with van der Waals surface area (Å²) in [5.74, 6) is -0.576. The number of alkyl halides is 3. The van der Waals surface area contributed by atoms with E-state index in [-0.39, 0.29) is 35.6 Å². The number of halogens is 3. The maximum atomic E-state index is 14.1. The highest BCUT2D eigenvalue weighted by Crippen LogP contribution is 2.39. The van der Waals surface area contributed by atoms with Crippen molar-refractivity contribution < 1.29 is 32.2 Å². The predicted octanol–water partition coefficient (Wildman–Crippen LogP) is 3.93. The van der Waals surface area contributed by atoms with E-state index < -0.39 is 17.6 Å². The first-order chi connectivity index (χ1) is 16.2. The van der Waals surface area contributed by atoms with Gasteiger partial charge in [-0.05, 0) is 37.5 Å². The lowest BCUT2D eigenvalue weighted by Gasteiger charge is -2.22. The Kier molecular flexibility index (Phi) is 7.39. The molecule has 3 heterocycles. The summed E-state index contributed by atoms with van der Waals surface area (Å²) >= 11 is 0. The standard InChI is InChI=1S/C24H28F3N3O4/c1-15(2)20-13-30(12-18-14-32-8-9-34-18)29-22(20)19-6-5-16(10-21(19)24(25,26)27)23(31)28-11-17-4-3-7-33-17/h5-6,10,13,17-18H,1,3-4,7-9,11-12,14H2,2H3,(H,28,31)/t17-,18-/m0/s1.